The lowest BCUT2D eigenvalue weighted by atomic mass is 9.77. The summed E-state index contributed by atoms with van der Waals surface area (Å²) in [5, 5.41) is 21.7. The van der Waals surface area contributed by atoms with Crippen molar-refractivity contribution < 1.29 is 10.0 Å². The Morgan fingerprint density at radius 3 is 1.68 bits per heavy atom. The average molecular weight is 413 g/mol. The Morgan fingerprint density at radius 1 is 0.871 bits per heavy atom. The number of aromatic nitrogens is 2. The van der Waals surface area contributed by atoms with Crippen molar-refractivity contribution in [2.24, 2.45) is 0 Å². The fourth-order valence-corrected chi connectivity index (χ4v) is 4.02. The molecule has 2 unspecified atom stereocenters. The molecule has 6 heteroatoms. The molecule has 31 heavy (non-hydrogen) atoms. The smallest absolute Gasteiger partial charge is 0.241 e. The van der Waals surface area contributed by atoms with Crippen LogP contribution in [0.3, 0.4) is 0 Å². The van der Waals surface area contributed by atoms with E-state index >= 15 is 0 Å². The van der Waals surface area contributed by atoms with E-state index in [1.165, 1.54) is 6.92 Å². The summed E-state index contributed by atoms with van der Waals surface area (Å²) in [7, 11) is 0. The average Bonchev–Trinajstić information content (AvgIpc) is 3.31. The minimum absolute atomic E-state index is 0.261. The van der Waals surface area contributed by atoms with Crippen molar-refractivity contribution in [3.63, 3.8) is 0 Å². The van der Waals surface area contributed by atoms with Crippen LogP contribution in [0.5, 0.6) is 0 Å². The molecule has 156 valence electrons. The predicted octanol–water partition coefficient (Wildman–Crippen LogP) is 4.42. The van der Waals surface area contributed by atoms with Crippen LogP contribution in [0.1, 0.15) is 35.4 Å². The van der Waals surface area contributed by atoms with E-state index in [0.29, 0.717) is 0 Å². The SMILES string of the molecule is CC(C(O)c1cn(C(c2ccccc2)(c2ccccc2)c2ccccc2)cn1)[N+](=O)[O-]. The quantitative estimate of drug-likeness (QED) is 0.276. The molecule has 0 spiro atoms. The number of hydrogen-bond acceptors (Lipinski definition) is 4. The lowest BCUT2D eigenvalue weighted by Gasteiger charge is -2.37. The Hall–Kier alpha value is -3.77. The molecule has 0 saturated carbocycles. The molecule has 0 saturated heterocycles. The van der Waals surface area contributed by atoms with E-state index in [1.54, 1.807) is 12.5 Å². The fraction of sp³-hybridized carbons (Fsp3) is 0.160. The molecule has 1 heterocycles. The van der Waals surface area contributed by atoms with Gasteiger partial charge in [-0.2, -0.15) is 0 Å². The topological polar surface area (TPSA) is 81.2 Å². The van der Waals surface area contributed by atoms with E-state index in [9.17, 15) is 15.2 Å². The first-order chi connectivity index (χ1) is 15.0. The number of hydrogen-bond donors (Lipinski definition) is 1. The molecule has 1 N–H and O–H groups in total. The molecule has 4 aromatic rings. The molecule has 0 aliphatic rings. The van der Waals surface area contributed by atoms with Crippen LogP contribution < -0.4 is 0 Å². The Kier molecular flexibility index (Phi) is 5.64. The van der Waals surface area contributed by atoms with Crippen molar-refractivity contribution in [3.8, 4) is 0 Å². The molecule has 3 aromatic carbocycles. The van der Waals surface area contributed by atoms with Gasteiger partial charge in [0.2, 0.25) is 6.04 Å². The van der Waals surface area contributed by atoms with Gasteiger partial charge >= 0.3 is 0 Å². The molecular weight excluding hydrogens is 390 g/mol. The molecule has 6 nitrogen and oxygen atoms in total. The Morgan fingerprint density at radius 2 is 1.29 bits per heavy atom. The van der Waals surface area contributed by atoms with Gasteiger partial charge in [0.15, 0.2) is 6.10 Å². The molecule has 0 radical (unpaired) electrons. The standard InChI is InChI=1S/C25H23N3O3/c1-19(28(30)31)24(29)23-17-27(18-26-23)25(20-11-5-2-6-12-20,21-13-7-3-8-14-21)22-15-9-4-10-16-22/h2-19,24,29H,1H3. The summed E-state index contributed by atoms with van der Waals surface area (Å²) in [5.41, 5.74) is 2.51. The summed E-state index contributed by atoms with van der Waals surface area (Å²) in [6, 6.07) is 28.9. The van der Waals surface area contributed by atoms with Crippen LogP contribution in [-0.2, 0) is 5.54 Å². The zero-order chi connectivity index (χ0) is 21.8. The summed E-state index contributed by atoms with van der Waals surface area (Å²) in [6.07, 6.45) is 2.03. The second-order valence-corrected chi connectivity index (χ2v) is 7.49. The summed E-state index contributed by atoms with van der Waals surface area (Å²) < 4.78 is 1.93. The van der Waals surface area contributed by atoms with Crippen molar-refractivity contribution in [2.45, 2.75) is 24.6 Å². The molecule has 0 fully saturated rings. The van der Waals surface area contributed by atoms with E-state index in [-0.39, 0.29) is 5.69 Å². The fourth-order valence-electron chi connectivity index (χ4n) is 4.02. The van der Waals surface area contributed by atoms with Crippen LogP contribution in [0.25, 0.3) is 0 Å². The molecule has 4 rings (SSSR count). The maximum atomic E-state index is 11.2. The maximum Gasteiger partial charge on any atom is 0.241 e. The van der Waals surface area contributed by atoms with Crippen molar-refractivity contribution in [2.75, 3.05) is 0 Å². The number of aliphatic hydroxyl groups is 1. The highest BCUT2D eigenvalue weighted by atomic mass is 16.6. The van der Waals surface area contributed by atoms with Gasteiger partial charge in [-0.15, -0.1) is 0 Å². The molecule has 1 aromatic heterocycles. The Labute approximate surface area is 180 Å². The molecular formula is C25H23N3O3. The minimum atomic E-state index is -1.31. The molecule has 0 bridgehead atoms. The van der Waals surface area contributed by atoms with Crippen molar-refractivity contribution in [3.05, 3.63) is 136 Å². The van der Waals surface area contributed by atoms with Crippen molar-refractivity contribution in [1.82, 2.24) is 9.55 Å². The Balaban J connectivity index is 1.99. The van der Waals surface area contributed by atoms with Gasteiger partial charge in [-0.3, -0.25) is 10.1 Å². The zero-order valence-corrected chi connectivity index (χ0v) is 17.1. The predicted molar refractivity (Wildman–Crippen MR) is 118 cm³/mol. The summed E-state index contributed by atoms with van der Waals surface area (Å²) in [6.45, 7) is 1.38. The number of nitro groups is 1. The highest BCUT2D eigenvalue weighted by molar-refractivity contribution is 5.50. The largest absolute Gasteiger partial charge is 0.380 e. The molecule has 0 aliphatic carbocycles. The molecule has 0 aliphatic heterocycles. The lowest BCUT2D eigenvalue weighted by Crippen LogP contribution is -2.37. The third kappa shape index (κ3) is 3.62. The van der Waals surface area contributed by atoms with Crippen LogP contribution in [0.2, 0.25) is 0 Å². The number of benzene rings is 3. The maximum absolute atomic E-state index is 11.2. The third-order valence-electron chi connectivity index (χ3n) is 5.66. The van der Waals surface area contributed by atoms with E-state index in [2.05, 4.69) is 41.4 Å². The summed E-state index contributed by atoms with van der Waals surface area (Å²) in [4.78, 5) is 15.1. The van der Waals surface area contributed by atoms with E-state index < -0.39 is 22.6 Å². The number of aliphatic hydroxyl groups excluding tert-OH is 1. The first-order valence-electron chi connectivity index (χ1n) is 10.1. The number of imidazole rings is 1. The monoisotopic (exact) mass is 413 g/mol. The normalized spacial score (nSPS) is 13.5. The van der Waals surface area contributed by atoms with Crippen LogP contribution in [0.4, 0.5) is 0 Å². The van der Waals surface area contributed by atoms with Crippen molar-refractivity contribution in [1.29, 1.82) is 0 Å². The van der Waals surface area contributed by atoms with Gasteiger partial charge < -0.3 is 9.67 Å². The van der Waals surface area contributed by atoms with Crippen LogP contribution in [-0.4, -0.2) is 25.6 Å². The van der Waals surface area contributed by atoms with Gasteiger partial charge in [-0.25, -0.2) is 4.98 Å². The molecule has 2 atom stereocenters. The van der Waals surface area contributed by atoms with E-state index in [1.807, 2.05) is 59.2 Å². The second-order valence-electron chi connectivity index (χ2n) is 7.49. The van der Waals surface area contributed by atoms with Crippen LogP contribution in [0, 0.1) is 10.1 Å². The summed E-state index contributed by atoms with van der Waals surface area (Å²) in [5.74, 6) is 0. The van der Waals surface area contributed by atoms with Gasteiger partial charge in [0, 0.05) is 18.0 Å². The van der Waals surface area contributed by atoms with E-state index in [0.717, 1.165) is 16.7 Å². The first-order valence-corrected chi connectivity index (χ1v) is 10.1. The van der Waals surface area contributed by atoms with Crippen molar-refractivity contribution >= 4 is 0 Å². The second kappa shape index (κ2) is 8.53. The van der Waals surface area contributed by atoms with Gasteiger partial charge in [-0.1, -0.05) is 91.0 Å². The zero-order valence-electron chi connectivity index (χ0n) is 17.1. The van der Waals surface area contributed by atoms with Gasteiger partial charge in [0.25, 0.3) is 0 Å². The lowest BCUT2D eigenvalue weighted by molar-refractivity contribution is -0.531. The number of rotatable bonds is 7. The molecule has 0 amide bonds. The highest BCUT2D eigenvalue weighted by Crippen LogP contribution is 2.41. The van der Waals surface area contributed by atoms with Gasteiger partial charge in [0.1, 0.15) is 5.54 Å². The minimum Gasteiger partial charge on any atom is -0.380 e. The van der Waals surface area contributed by atoms with Gasteiger partial charge in [-0.05, 0) is 16.7 Å². The van der Waals surface area contributed by atoms with E-state index in [4.69, 9.17) is 0 Å². The van der Waals surface area contributed by atoms with Crippen LogP contribution in [0.15, 0.2) is 104 Å². The summed E-state index contributed by atoms with van der Waals surface area (Å²) >= 11 is 0. The first kappa shape index (κ1) is 20.5. The van der Waals surface area contributed by atoms with Crippen LogP contribution >= 0.6 is 0 Å². The number of nitrogens with zero attached hydrogens (tertiary/aromatic N) is 3. The highest BCUT2D eigenvalue weighted by Gasteiger charge is 2.39. The van der Waals surface area contributed by atoms with Gasteiger partial charge in [0.05, 0.1) is 12.0 Å². The Bertz CT molecular complexity index is 1050. The third-order valence-corrected chi connectivity index (χ3v) is 5.66.